The number of hydrogen-bond acceptors (Lipinski definition) is 3. The van der Waals surface area contributed by atoms with Gasteiger partial charge in [-0.15, -0.1) is 0 Å². The fourth-order valence-electron chi connectivity index (χ4n) is 1.76. The zero-order chi connectivity index (χ0) is 12.7. The van der Waals surface area contributed by atoms with Gasteiger partial charge in [0.25, 0.3) is 0 Å². The molecule has 0 spiro atoms. The minimum atomic E-state index is -0.825. The number of benzene rings is 1. The van der Waals surface area contributed by atoms with Crippen molar-refractivity contribution in [3.8, 4) is 0 Å². The minimum absolute atomic E-state index is 0.182. The van der Waals surface area contributed by atoms with Gasteiger partial charge < -0.3 is 9.47 Å². The Morgan fingerprint density at radius 2 is 1.88 bits per heavy atom. The van der Waals surface area contributed by atoms with Crippen LogP contribution in [-0.2, 0) is 14.3 Å². The fraction of sp³-hybridized carbons (Fsp3) is 0.500. The highest BCUT2D eigenvalue weighted by atomic mass is 16.7. The first-order valence-corrected chi connectivity index (χ1v) is 5.79. The molecule has 0 radical (unpaired) electrons. The Labute approximate surface area is 102 Å². The molecule has 1 aromatic rings. The summed E-state index contributed by atoms with van der Waals surface area (Å²) < 4.78 is 10.9. The van der Waals surface area contributed by atoms with Crippen LogP contribution in [0.2, 0.25) is 0 Å². The van der Waals surface area contributed by atoms with Crippen molar-refractivity contribution in [2.45, 2.75) is 45.0 Å². The molecule has 0 bridgehead atoms. The Morgan fingerprint density at radius 3 is 2.41 bits per heavy atom. The van der Waals surface area contributed by atoms with Crippen LogP contribution in [0.1, 0.15) is 39.4 Å². The SMILES string of the molecule is CC(C)(C)OC(=O)[C@@]1(C)O[C@H]1c1ccccc1. The van der Waals surface area contributed by atoms with Crippen molar-refractivity contribution < 1.29 is 14.3 Å². The standard InChI is InChI=1S/C14H18O3/c1-13(2,3)17-12(15)14(4)11(16-14)10-8-6-5-7-9-10/h5-9,11H,1-4H3/t11-,14-/m0/s1. The van der Waals surface area contributed by atoms with Crippen molar-refractivity contribution in [2.75, 3.05) is 0 Å². The molecule has 0 amide bonds. The van der Waals surface area contributed by atoms with E-state index in [1.807, 2.05) is 51.1 Å². The molecule has 2 atom stereocenters. The van der Waals surface area contributed by atoms with Gasteiger partial charge in [0.05, 0.1) is 0 Å². The topological polar surface area (TPSA) is 38.8 Å². The first-order chi connectivity index (χ1) is 7.83. The van der Waals surface area contributed by atoms with Crippen LogP contribution in [0.5, 0.6) is 0 Å². The van der Waals surface area contributed by atoms with Crippen LogP contribution in [0.3, 0.4) is 0 Å². The zero-order valence-corrected chi connectivity index (χ0v) is 10.7. The second-order valence-electron chi connectivity index (χ2n) is 5.52. The maximum absolute atomic E-state index is 12.0. The van der Waals surface area contributed by atoms with Gasteiger partial charge in [-0.25, -0.2) is 4.79 Å². The van der Waals surface area contributed by atoms with Crippen LogP contribution in [0, 0.1) is 0 Å². The maximum atomic E-state index is 12.0. The molecule has 1 saturated heterocycles. The van der Waals surface area contributed by atoms with E-state index in [1.165, 1.54) is 0 Å². The third-order valence-electron chi connectivity index (χ3n) is 2.71. The number of esters is 1. The van der Waals surface area contributed by atoms with Crippen LogP contribution in [0.25, 0.3) is 0 Å². The predicted octanol–water partition coefficient (Wildman–Crippen LogP) is 2.86. The summed E-state index contributed by atoms with van der Waals surface area (Å²) in [5, 5.41) is 0. The average Bonchev–Trinajstić information content (AvgIpc) is 2.91. The van der Waals surface area contributed by atoms with E-state index in [0.29, 0.717) is 0 Å². The Hall–Kier alpha value is -1.35. The van der Waals surface area contributed by atoms with E-state index < -0.39 is 11.2 Å². The fourth-order valence-corrected chi connectivity index (χ4v) is 1.76. The Balaban J connectivity index is 2.07. The molecule has 0 saturated carbocycles. The number of rotatable bonds is 2. The molecule has 3 heteroatoms. The number of hydrogen-bond donors (Lipinski definition) is 0. The lowest BCUT2D eigenvalue weighted by Crippen LogP contribution is -2.32. The summed E-state index contributed by atoms with van der Waals surface area (Å²) in [5.74, 6) is -0.293. The predicted molar refractivity (Wildman–Crippen MR) is 64.5 cm³/mol. The number of carbonyl (C=O) groups excluding carboxylic acids is 1. The van der Waals surface area contributed by atoms with E-state index >= 15 is 0 Å². The minimum Gasteiger partial charge on any atom is -0.458 e. The van der Waals surface area contributed by atoms with E-state index in [9.17, 15) is 4.79 Å². The Morgan fingerprint density at radius 1 is 1.29 bits per heavy atom. The van der Waals surface area contributed by atoms with E-state index in [4.69, 9.17) is 9.47 Å². The van der Waals surface area contributed by atoms with Crippen LogP contribution >= 0.6 is 0 Å². The van der Waals surface area contributed by atoms with Crippen LogP contribution in [0.15, 0.2) is 30.3 Å². The van der Waals surface area contributed by atoms with Crippen molar-refractivity contribution in [1.29, 1.82) is 0 Å². The molecule has 3 nitrogen and oxygen atoms in total. The summed E-state index contributed by atoms with van der Waals surface area (Å²) in [7, 11) is 0. The molecule has 0 unspecified atom stereocenters. The first kappa shape index (κ1) is 12.1. The molecule has 1 aliphatic heterocycles. The molecular formula is C14H18O3. The normalized spacial score (nSPS) is 27.6. The molecule has 1 fully saturated rings. The molecule has 1 aromatic carbocycles. The third-order valence-corrected chi connectivity index (χ3v) is 2.71. The Bertz CT molecular complexity index is 419. The van der Waals surface area contributed by atoms with E-state index in [-0.39, 0.29) is 12.1 Å². The van der Waals surface area contributed by atoms with Gasteiger partial charge in [-0.3, -0.25) is 0 Å². The lowest BCUT2D eigenvalue weighted by Gasteiger charge is -2.21. The van der Waals surface area contributed by atoms with Gasteiger partial charge in [-0.1, -0.05) is 30.3 Å². The summed E-state index contributed by atoms with van der Waals surface area (Å²) in [6.45, 7) is 7.34. The molecule has 1 heterocycles. The van der Waals surface area contributed by atoms with Crippen LogP contribution in [0.4, 0.5) is 0 Å². The van der Waals surface area contributed by atoms with Gasteiger partial charge in [0, 0.05) is 0 Å². The monoisotopic (exact) mass is 234 g/mol. The lowest BCUT2D eigenvalue weighted by atomic mass is 10.0. The second-order valence-corrected chi connectivity index (χ2v) is 5.52. The molecule has 17 heavy (non-hydrogen) atoms. The molecule has 0 aromatic heterocycles. The van der Waals surface area contributed by atoms with Gasteiger partial charge in [0.2, 0.25) is 0 Å². The molecule has 0 aliphatic carbocycles. The van der Waals surface area contributed by atoms with Crippen molar-refractivity contribution >= 4 is 5.97 Å². The summed E-state index contributed by atoms with van der Waals surface area (Å²) in [4.78, 5) is 12.0. The molecule has 92 valence electrons. The van der Waals surface area contributed by atoms with E-state index in [1.54, 1.807) is 6.92 Å². The van der Waals surface area contributed by atoms with Gasteiger partial charge in [-0.05, 0) is 33.3 Å². The smallest absolute Gasteiger partial charge is 0.341 e. The van der Waals surface area contributed by atoms with Crippen molar-refractivity contribution in [2.24, 2.45) is 0 Å². The summed E-state index contributed by atoms with van der Waals surface area (Å²) >= 11 is 0. The van der Waals surface area contributed by atoms with Gasteiger partial charge in [0.1, 0.15) is 11.7 Å². The van der Waals surface area contributed by atoms with Crippen molar-refractivity contribution in [3.63, 3.8) is 0 Å². The molecule has 0 N–H and O–H groups in total. The Kier molecular flexibility index (Phi) is 2.74. The number of ether oxygens (including phenoxy) is 2. The second kappa shape index (κ2) is 3.84. The van der Waals surface area contributed by atoms with Gasteiger partial charge in [-0.2, -0.15) is 0 Å². The largest absolute Gasteiger partial charge is 0.458 e. The molecule has 1 aliphatic rings. The summed E-state index contributed by atoms with van der Waals surface area (Å²) in [6, 6.07) is 9.73. The summed E-state index contributed by atoms with van der Waals surface area (Å²) in [6.07, 6.45) is -0.182. The van der Waals surface area contributed by atoms with Crippen LogP contribution < -0.4 is 0 Å². The van der Waals surface area contributed by atoms with Gasteiger partial charge in [0.15, 0.2) is 5.60 Å². The maximum Gasteiger partial charge on any atom is 0.341 e. The highest BCUT2D eigenvalue weighted by Crippen LogP contribution is 2.50. The molecule has 2 rings (SSSR count). The quantitative estimate of drug-likeness (QED) is 0.583. The first-order valence-electron chi connectivity index (χ1n) is 5.79. The van der Waals surface area contributed by atoms with E-state index in [0.717, 1.165) is 5.56 Å². The summed E-state index contributed by atoms with van der Waals surface area (Å²) in [5.41, 5.74) is -0.289. The number of epoxide rings is 1. The number of carbonyl (C=O) groups is 1. The van der Waals surface area contributed by atoms with Crippen molar-refractivity contribution in [1.82, 2.24) is 0 Å². The average molecular weight is 234 g/mol. The highest BCUT2D eigenvalue weighted by molar-refractivity contribution is 5.83. The highest BCUT2D eigenvalue weighted by Gasteiger charge is 2.61. The molecular weight excluding hydrogens is 216 g/mol. The van der Waals surface area contributed by atoms with E-state index in [2.05, 4.69) is 0 Å². The zero-order valence-electron chi connectivity index (χ0n) is 10.7. The third kappa shape index (κ3) is 2.50. The van der Waals surface area contributed by atoms with Gasteiger partial charge >= 0.3 is 5.97 Å². The lowest BCUT2D eigenvalue weighted by molar-refractivity contribution is -0.160. The van der Waals surface area contributed by atoms with Crippen LogP contribution in [-0.4, -0.2) is 17.2 Å². The van der Waals surface area contributed by atoms with Crippen molar-refractivity contribution in [3.05, 3.63) is 35.9 Å².